The molecule has 1 aromatic carbocycles. The molecule has 11 heteroatoms. The average Bonchev–Trinajstić information content (AvgIpc) is 2.85. The van der Waals surface area contributed by atoms with Crippen molar-refractivity contribution < 1.29 is 13.9 Å². The predicted octanol–water partition coefficient (Wildman–Crippen LogP) is 4.66. The molecule has 1 saturated heterocycles. The molecule has 0 amide bonds. The van der Waals surface area contributed by atoms with Crippen LogP contribution in [-0.4, -0.2) is 66.5 Å². The van der Waals surface area contributed by atoms with E-state index in [0.717, 1.165) is 6.54 Å². The maximum absolute atomic E-state index is 15.1. The molecule has 37 heavy (non-hydrogen) atoms. The fraction of sp³-hybridized carbons (Fsp3) is 0.346. The Morgan fingerprint density at radius 2 is 1.92 bits per heavy atom. The Labute approximate surface area is 225 Å². The summed E-state index contributed by atoms with van der Waals surface area (Å²) in [7, 11) is 3.71. The number of nitrogens with one attached hydrogen (secondary N) is 1. The van der Waals surface area contributed by atoms with Crippen molar-refractivity contribution in [3.63, 3.8) is 0 Å². The minimum Gasteiger partial charge on any atom is -0.489 e. The molecule has 1 aliphatic rings. The summed E-state index contributed by atoms with van der Waals surface area (Å²) >= 11 is 12.3. The van der Waals surface area contributed by atoms with Crippen molar-refractivity contribution in [3.8, 4) is 5.75 Å². The minimum absolute atomic E-state index is 0.0358. The number of hydrogen-bond donors (Lipinski definition) is 2. The first kappa shape index (κ1) is 27.1. The lowest BCUT2D eigenvalue weighted by molar-refractivity contribution is 0.0686. The third kappa shape index (κ3) is 5.80. The number of anilines is 2. The molecule has 3 N–H and O–H groups in total. The Kier molecular flexibility index (Phi) is 8.18. The third-order valence-corrected chi connectivity index (χ3v) is 7.31. The third-order valence-electron chi connectivity index (χ3n) is 6.65. The number of benzene rings is 1. The van der Waals surface area contributed by atoms with Crippen LogP contribution in [0.15, 0.2) is 42.9 Å². The van der Waals surface area contributed by atoms with E-state index in [-0.39, 0.29) is 23.7 Å². The molecule has 8 nitrogen and oxygen atoms in total. The van der Waals surface area contributed by atoms with Crippen LogP contribution in [0.5, 0.6) is 5.75 Å². The van der Waals surface area contributed by atoms with E-state index in [1.165, 1.54) is 24.7 Å². The standard InChI is InChI=1S/C26H29Cl2FN6O2/c1-26(34(2)6-7-36-3)14-35(15-26)25-22(29)8-16(10-33-25)24(31)18-9-17(4-5-23(18)30)37-13-19-20(27)11-32-12-21(19)28/h4-5,8-12,31H,6-7,13-15,30H2,1-3H3. The van der Waals surface area contributed by atoms with E-state index in [9.17, 15) is 0 Å². The number of pyridine rings is 2. The van der Waals surface area contributed by atoms with E-state index in [1.54, 1.807) is 25.3 Å². The molecular formula is C26H29Cl2FN6O2. The van der Waals surface area contributed by atoms with Gasteiger partial charge in [0.15, 0.2) is 11.6 Å². The number of nitrogens with zero attached hydrogens (tertiary/aromatic N) is 4. The molecule has 1 aliphatic heterocycles. The number of nitrogens with two attached hydrogens (primary N) is 1. The molecule has 4 rings (SSSR count). The number of rotatable bonds is 10. The van der Waals surface area contributed by atoms with Crippen molar-refractivity contribution in [1.82, 2.24) is 14.9 Å². The zero-order chi connectivity index (χ0) is 26.7. The SMILES string of the molecule is COCCN(C)C1(C)CN(c2ncc(C(=N)c3cc(OCc4c(Cl)cncc4Cl)ccc3N)cc2F)C1. The lowest BCUT2D eigenvalue weighted by Crippen LogP contribution is -2.68. The van der Waals surface area contributed by atoms with Crippen LogP contribution in [0.2, 0.25) is 10.0 Å². The summed E-state index contributed by atoms with van der Waals surface area (Å²) in [6.07, 6.45) is 4.47. The van der Waals surface area contributed by atoms with Gasteiger partial charge in [0, 0.05) is 67.7 Å². The summed E-state index contributed by atoms with van der Waals surface area (Å²) < 4.78 is 26.1. The Hall–Kier alpha value is -2.98. The van der Waals surface area contributed by atoms with Crippen molar-refractivity contribution in [2.24, 2.45) is 0 Å². The Balaban J connectivity index is 1.46. The molecular weight excluding hydrogens is 518 g/mol. The van der Waals surface area contributed by atoms with Crippen LogP contribution in [-0.2, 0) is 11.3 Å². The highest BCUT2D eigenvalue weighted by Crippen LogP contribution is 2.32. The molecule has 196 valence electrons. The molecule has 3 aromatic rings. The predicted molar refractivity (Wildman–Crippen MR) is 145 cm³/mol. The second-order valence-corrected chi connectivity index (χ2v) is 10.1. The highest BCUT2D eigenvalue weighted by Gasteiger charge is 2.43. The topological polar surface area (TPSA) is 101 Å². The average molecular weight is 547 g/mol. The van der Waals surface area contributed by atoms with Crippen molar-refractivity contribution in [3.05, 3.63) is 75.4 Å². The van der Waals surface area contributed by atoms with Crippen LogP contribution >= 0.6 is 23.2 Å². The van der Waals surface area contributed by atoms with E-state index >= 15 is 4.39 Å². The van der Waals surface area contributed by atoms with Crippen molar-refractivity contribution >= 4 is 40.4 Å². The fourth-order valence-corrected chi connectivity index (χ4v) is 4.67. The van der Waals surface area contributed by atoms with Crippen molar-refractivity contribution in [2.75, 3.05) is 51.0 Å². The van der Waals surface area contributed by atoms with Crippen molar-refractivity contribution in [1.29, 1.82) is 5.41 Å². The quantitative estimate of drug-likeness (QED) is 0.281. The van der Waals surface area contributed by atoms with Gasteiger partial charge < -0.3 is 20.1 Å². The smallest absolute Gasteiger partial charge is 0.166 e. The number of aromatic nitrogens is 2. The van der Waals surface area contributed by atoms with Crippen molar-refractivity contribution in [2.45, 2.75) is 19.1 Å². The van der Waals surface area contributed by atoms with Gasteiger partial charge in [0.25, 0.3) is 0 Å². The second kappa shape index (κ2) is 11.2. The molecule has 0 unspecified atom stereocenters. The first-order chi connectivity index (χ1) is 17.6. The van der Waals surface area contributed by atoms with E-state index in [1.807, 2.05) is 11.9 Å². The van der Waals surface area contributed by atoms with Crippen LogP contribution in [0.4, 0.5) is 15.9 Å². The summed E-state index contributed by atoms with van der Waals surface area (Å²) in [6.45, 7) is 4.96. The normalized spacial score (nSPS) is 14.5. The summed E-state index contributed by atoms with van der Waals surface area (Å²) in [4.78, 5) is 12.4. The van der Waals surface area contributed by atoms with Crippen LogP contribution in [0, 0.1) is 11.2 Å². The maximum Gasteiger partial charge on any atom is 0.166 e. The largest absolute Gasteiger partial charge is 0.489 e. The van der Waals surface area contributed by atoms with Gasteiger partial charge >= 0.3 is 0 Å². The van der Waals surface area contributed by atoms with Crippen LogP contribution in [0.25, 0.3) is 0 Å². The zero-order valence-corrected chi connectivity index (χ0v) is 22.4. The minimum atomic E-state index is -0.489. The zero-order valence-electron chi connectivity index (χ0n) is 20.9. The number of methoxy groups -OCH3 is 1. The van der Waals surface area contributed by atoms with E-state index in [4.69, 9.17) is 43.8 Å². The highest BCUT2D eigenvalue weighted by molar-refractivity contribution is 6.35. The summed E-state index contributed by atoms with van der Waals surface area (Å²) in [5.41, 5.74) is 7.76. The van der Waals surface area contributed by atoms with Gasteiger partial charge in [0.05, 0.1) is 27.9 Å². The van der Waals surface area contributed by atoms with Gasteiger partial charge in [-0.25, -0.2) is 9.37 Å². The van der Waals surface area contributed by atoms with Crippen LogP contribution in [0.1, 0.15) is 23.6 Å². The van der Waals surface area contributed by atoms with Gasteiger partial charge in [-0.15, -0.1) is 0 Å². The monoisotopic (exact) mass is 546 g/mol. The van der Waals surface area contributed by atoms with Crippen LogP contribution < -0.4 is 15.4 Å². The number of nitrogen functional groups attached to an aromatic ring is 1. The Morgan fingerprint density at radius 1 is 1.22 bits per heavy atom. The maximum atomic E-state index is 15.1. The fourth-order valence-electron chi connectivity index (χ4n) is 4.19. The first-order valence-corrected chi connectivity index (χ1v) is 12.4. The van der Waals surface area contributed by atoms with Gasteiger partial charge in [0.2, 0.25) is 0 Å². The molecule has 0 spiro atoms. The van der Waals surface area contributed by atoms with E-state index < -0.39 is 5.82 Å². The molecule has 0 bridgehead atoms. The van der Waals surface area contributed by atoms with Gasteiger partial charge in [-0.3, -0.25) is 15.3 Å². The second-order valence-electron chi connectivity index (χ2n) is 9.29. The number of ether oxygens (including phenoxy) is 2. The van der Waals surface area contributed by atoms with Crippen LogP contribution in [0.3, 0.4) is 0 Å². The number of likely N-dealkylation sites (N-methyl/N-ethyl adjacent to an activating group) is 1. The number of halogens is 3. The summed E-state index contributed by atoms with van der Waals surface area (Å²) in [6, 6.07) is 6.26. The highest BCUT2D eigenvalue weighted by atomic mass is 35.5. The Morgan fingerprint density at radius 3 is 2.57 bits per heavy atom. The molecule has 3 heterocycles. The summed E-state index contributed by atoms with van der Waals surface area (Å²) in [5.74, 6) is 0.238. The molecule has 0 atom stereocenters. The van der Waals surface area contributed by atoms with Gasteiger partial charge in [-0.05, 0) is 38.2 Å². The van der Waals surface area contributed by atoms with E-state index in [2.05, 4.69) is 21.8 Å². The first-order valence-electron chi connectivity index (χ1n) is 11.6. The lowest BCUT2D eigenvalue weighted by Gasteiger charge is -2.53. The number of hydrogen-bond acceptors (Lipinski definition) is 8. The molecule has 0 radical (unpaired) electrons. The molecule has 1 fully saturated rings. The lowest BCUT2D eigenvalue weighted by atomic mass is 9.90. The Bertz CT molecular complexity index is 1280. The van der Waals surface area contributed by atoms with Gasteiger partial charge in [-0.1, -0.05) is 23.2 Å². The summed E-state index contributed by atoms with van der Waals surface area (Å²) in [5, 5.41) is 9.45. The van der Waals surface area contributed by atoms with E-state index in [0.29, 0.717) is 57.9 Å². The molecule has 0 saturated carbocycles. The molecule has 0 aliphatic carbocycles. The van der Waals surface area contributed by atoms with Gasteiger partial charge in [0.1, 0.15) is 12.4 Å². The molecule has 2 aromatic heterocycles. The van der Waals surface area contributed by atoms with Gasteiger partial charge in [-0.2, -0.15) is 0 Å².